The van der Waals surface area contributed by atoms with Gasteiger partial charge in [-0.05, 0) is 18.3 Å². The first-order valence-corrected chi connectivity index (χ1v) is 9.13. The van der Waals surface area contributed by atoms with Crippen molar-refractivity contribution in [3.8, 4) is 0 Å². The highest BCUT2D eigenvalue weighted by Gasteiger charge is 2.14. The van der Waals surface area contributed by atoms with Gasteiger partial charge in [0.15, 0.2) is 0 Å². The Morgan fingerprint density at radius 3 is 1.68 bits per heavy atom. The zero-order valence-corrected chi connectivity index (χ0v) is 14.2. The van der Waals surface area contributed by atoms with E-state index in [0.29, 0.717) is 0 Å². The lowest BCUT2D eigenvalue weighted by atomic mass is 9.84. The molecule has 0 aliphatic rings. The third kappa shape index (κ3) is 11.5. The lowest BCUT2D eigenvalue weighted by Crippen LogP contribution is -2.10. The maximum absolute atomic E-state index is 2.71. The van der Waals surface area contributed by atoms with Crippen LogP contribution in [0.5, 0.6) is 0 Å². The zero-order chi connectivity index (χ0) is 14.3. The van der Waals surface area contributed by atoms with Crippen LogP contribution in [0.1, 0.15) is 105 Å². The Morgan fingerprint density at radius 2 is 1.16 bits per heavy atom. The highest BCUT2D eigenvalue weighted by atomic mass is 14.2. The molecule has 0 spiro atoms. The second-order valence-electron chi connectivity index (χ2n) is 6.25. The first kappa shape index (κ1) is 19.0. The summed E-state index contributed by atoms with van der Waals surface area (Å²) in [4.78, 5) is 0. The van der Waals surface area contributed by atoms with E-state index in [0.717, 1.165) is 11.8 Å². The van der Waals surface area contributed by atoms with Gasteiger partial charge < -0.3 is 0 Å². The number of rotatable bonds is 14. The molecule has 0 nitrogen and oxygen atoms in total. The van der Waals surface area contributed by atoms with Gasteiger partial charge in [-0.1, -0.05) is 105 Å². The largest absolute Gasteiger partial charge is 0.0654 e. The summed E-state index contributed by atoms with van der Waals surface area (Å²) in [5.41, 5.74) is 0. The molecule has 0 saturated carbocycles. The van der Waals surface area contributed by atoms with Gasteiger partial charge >= 0.3 is 0 Å². The van der Waals surface area contributed by atoms with Crippen molar-refractivity contribution in [2.45, 2.75) is 105 Å². The fraction of sp³-hybridized carbons (Fsp3) is 0.947. The van der Waals surface area contributed by atoms with Crippen molar-refractivity contribution >= 4 is 0 Å². The van der Waals surface area contributed by atoms with E-state index < -0.39 is 0 Å². The van der Waals surface area contributed by atoms with Crippen molar-refractivity contribution in [1.29, 1.82) is 0 Å². The Balaban J connectivity index is 3.72. The Morgan fingerprint density at radius 1 is 0.579 bits per heavy atom. The van der Waals surface area contributed by atoms with Crippen molar-refractivity contribution < 1.29 is 0 Å². The van der Waals surface area contributed by atoms with Crippen LogP contribution in [0.15, 0.2) is 0 Å². The predicted molar refractivity (Wildman–Crippen MR) is 89.4 cm³/mol. The molecule has 0 aliphatic carbocycles. The number of hydrogen-bond acceptors (Lipinski definition) is 0. The third-order valence-electron chi connectivity index (χ3n) is 4.32. The Bertz CT molecular complexity index is 155. The van der Waals surface area contributed by atoms with Gasteiger partial charge in [0.1, 0.15) is 0 Å². The first-order valence-electron chi connectivity index (χ1n) is 9.13. The standard InChI is InChI=1S/C19H39/c1-5-9-10-11-12-13-16-18(8-4)17-19(14-6-2)15-7-3/h17-19H,5-16H2,1-4H3. The van der Waals surface area contributed by atoms with E-state index in [1.807, 2.05) is 0 Å². The van der Waals surface area contributed by atoms with Gasteiger partial charge in [0.2, 0.25) is 0 Å². The molecule has 0 aliphatic heterocycles. The third-order valence-corrected chi connectivity index (χ3v) is 4.32. The van der Waals surface area contributed by atoms with Crippen LogP contribution in [0.2, 0.25) is 0 Å². The SMILES string of the molecule is CCCCCCCCC([CH]C(CCC)CCC)CC. The minimum absolute atomic E-state index is 0.884. The lowest BCUT2D eigenvalue weighted by molar-refractivity contribution is 0.397. The van der Waals surface area contributed by atoms with E-state index in [9.17, 15) is 0 Å². The van der Waals surface area contributed by atoms with E-state index in [1.165, 1.54) is 77.0 Å². The van der Waals surface area contributed by atoms with Crippen molar-refractivity contribution in [1.82, 2.24) is 0 Å². The molecule has 0 heteroatoms. The summed E-state index contributed by atoms with van der Waals surface area (Å²) in [6, 6.07) is 0. The highest BCUT2D eigenvalue weighted by molar-refractivity contribution is 4.82. The summed E-state index contributed by atoms with van der Waals surface area (Å²) in [6.07, 6.45) is 19.6. The number of hydrogen-bond donors (Lipinski definition) is 0. The van der Waals surface area contributed by atoms with Crippen LogP contribution in [0.25, 0.3) is 0 Å². The molecule has 0 aromatic rings. The van der Waals surface area contributed by atoms with E-state index in [2.05, 4.69) is 34.1 Å². The zero-order valence-electron chi connectivity index (χ0n) is 14.2. The summed E-state index contributed by atoms with van der Waals surface area (Å²) in [5.74, 6) is 1.77. The van der Waals surface area contributed by atoms with E-state index in [1.54, 1.807) is 0 Å². The summed E-state index contributed by atoms with van der Waals surface area (Å²) in [5, 5.41) is 0. The molecule has 115 valence electrons. The van der Waals surface area contributed by atoms with Gasteiger partial charge in [0, 0.05) is 0 Å². The fourth-order valence-corrected chi connectivity index (χ4v) is 3.09. The molecule has 0 saturated heterocycles. The maximum atomic E-state index is 2.71. The maximum Gasteiger partial charge on any atom is -0.0324 e. The molecule has 0 N–H and O–H groups in total. The first-order chi connectivity index (χ1) is 9.28. The van der Waals surface area contributed by atoms with Gasteiger partial charge in [-0.2, -0.15) is 0 Å². The highest BCUT2D eigenvalue weighted by Crippen LogP contribution is 2.26. The topological polar surface area (TPSA) is 0 Å². The molecule has 1 radical (unpaired) electrons. The molecule has 0 bridgehead atoms. The van der Waals surface area contributed by atoms with Gasteiger partial charge in [0.25, 0.3) is 0 Å². The Labute approximate surface area is 123 Å². The van der Waals surface area contributed by atoms with Crippen LogP contribution in [0, 0.1) is 18.3 Å². The van der Waals surface area contributed by atoms with E-state index in [-0.39, 0.29) is 0 Å². The molecule has 0 fully saturated rings. The van der Waals surface area contributed by atoms with Crippen LogP contribution < -0.4 is 0 Å². The monoisotopic (exact) mass is 267 g/mol. The molecular weight excluding hydrogens is 228 g/mol. The summed E-state index contributed by atoms with van der Waals surface area (Å²) in [6.45, 7) is 9.31. The molecule has 0 aromatic heterocycles. The van der Waals surface area contributed by atoms with Gasteiger partial charge in [-0.25, -0.2) is 0 Å². The van der Waals surface area contributed by atoms with Gasteiger partial charge in [-0.3, -0.25) is 0 Å². The molecule has 0 rings (SSSR count). The van der Waals surface area contributed by atoms with Crippen molar-refractivity contribution in [3.63, 3.8) is 0 Å². The molecule has 19 heavy (non-hydrogen) atoms. The Kier molecular flexibility index (Phi) is 14.4. The van der Waals surface area contributed by atoms with Crippen molar-refractivity contribution in [3.05, 3.63) is 6.42 Å². The summed E-state index contributed by atoms with van der Waals surface area (Å²) in [7, 11) is 0. The second-order valence-corrected chi connectivity index (χ2v) is 6.25. The van der Waals surface area contributed by atoms with E-state index >= 15 is 0 Å². The van der Waals surface area contributed by atoms with Crippen molar-refractivity contribution in [2.75, 3.05) is 0 Å². The molecule has 0 heterocycles. The van der Waals surface area contributed by atoms with Crippen LogP contribution in [0.3, 0.4) is 0 Å². The number of unbranched alkanes of at least 4 members (excludes halogenated alkanes) is 5. The van der Waals surface area contributed by atoms with Crippen LogP contribution >= 0.6 is 0 Å². The minimum atomic E-state index is 0.884. The smallest absolute Gasteiger partial charge is 0.0324 e. The molecule has 1 atom stereocenters. The summed E-state index contributed by atoms with van der Waals surface area (Å²) >= 11 is 0. The lowest BCUT2D eigenvalue weighted by Gasteiger charge is -2.22. The van der Waals surface area contributed by atoms with Crippen LogP contribution in [0.4, 0.5) is 0 Å². The van der Waals surface area contributed by atoms with Gasteiger partial charge in [-0.15, -0.1) is 0 Å². The summed E-state index contributed by atoms with van der Waals surface area (Å²) < 4.78 is 0. The fourth-order valence-electron chi connectivity index (χ4n) is 3.09. The average Bonchev–Trinajstić information content (AvgIpc) is 2.41. The predicted octanol–water partition coefficient (Wildman–Crippen LogP) is 7.18. The molecular formula is C19H39. The van der Waals surface area contributed by atoms with Crippen molar-refractivity contribution in [2.24, 2.45) is 11.8 Å². The van der Waals surface area contributed by atoms with Gasteiger partial charge in [0.05, 0.1) is 0 Å². The normalized spacial score (nSPS) is 13.1. The molecule has 1 unspecified atom stereocenters. The van der Waals surface area contributed by atoms with Crippen LogP contribution in [-0.4, -0.2) is 0 Å². The van der Waals surface area contributed by atoms with Crippen LogP contribution in [-0.2, 0) is 0 Å². The average molecular weight is 268 g/mol. The second kappa shape index (κ2) is 14.4. The molecule has 0 amide bonds. The molecule has 0 aromatic carbocycles. The van der Waals surface area contributed by atoms with E-state index in [4.69, 9.17) is 0 Å². The Hall–Kier alpha value is 0. The minimum Gasteiger partial charge on any atom is -0.0654 e. The quantitative estimate of drug-likeness (QED) is 0.292.